The van der Waals surface area contributed by atoms with Crippen molar-refractivity contribution in [2.75, 3.05) is 66.0 Å². The fourth-order valence-corrected chi connectivity index (χ4v) is 3.12. The SMILES string of the molecule is CCN(CCN1CCN(C)CC1)CC1CCCCN1. The van der Waals surface area contributed by atoms with E-state index in [9.17, 15) is 0 Å². The molecule has 19 heavy (non-hydrogen) atoms. The molecule has 2 fully saturated rings. The summed E-state index contributed by atoms with van der Waals surface area (Å²) in [7, 11) is 2.23. The highest BCUT2D eigenvalue weighted by Crippen LogP contribution is 2.08. The lowest BCUT2D eigenvalue weighted by molar-refractivity contribution is 0.131. The van der Waals surface area contributed by atoms with Crippen molar-refractivity contribution in [3.8, 4) is 0 Å². The molecule has 0 bridgehead atoms. The number of piperidine rings is 1. The van der Waals surface area contributed by atoms with Gasteiger partial charge < -0.3 is 15.1 Å². The summed E-state index contributed by atoms with van der Waals surface area (Å²) in [5.41, 5.74) is 0. The highest BCUT2D eigenvalue weighted by Gasteiger charge is 2.17. The second-order valence-electron chi connectivity index (χ2n) is 6.18. The summed E-state index contributed by atoms with van der Waals surface area (Å²) in [6.07, 6.45) is 4.14. The normalized spacial score (nSPS) is 27.0. The van der Waals surface area contributed by atoms with Crippen LogP contribution >= 0.6 is 0 Å². The lowest BCUT2D eigenvalue weighted by Gasteiger charge is -2.35. The molecule has 0 spiro atoms. The van der Waals surface area contributed by atoms with Gasteiger partial charge in [0.1, 0.15) is 0 Å². The molecule has 0 saturated carbocycles. The Hall–Kier alpha value is -0.160. The molecule has 2 aliphatic heterocycles. The van der Waals surface area contributed by atoms with Gasteiger partial charge in [0.15, 0.2) is 0 Å². The van der Waals surface area contributed by atoms with Gasteiger partial charge in [-0.3, -0.25) is 4.90 Å². The molecule has 112 valence electrons. The van der Waals surface area contributed by atoms with Crippen LogP contribution in [0.4, 0.5) is 0 Å². The number of hydrogen-bond donors (Lipinski definition) is 1. The summed E-state index contributed by atoms with van der Waals surface area (Å²) in [5.74, 6) is 0. The molecule has 0 aromatic carbocycles. The first kappa shape index (κ1) is 15.2. The zero-order chi connectivity index (χ0) is 13.5. The van der Waals surface area contributed by atoms with E-state index in [2.05, 4.69) is 34.0 Å². The van der Waals surface area contributed by atoms with Crippen molar-refractivity contribution in [3.05, 3.63) is 0 Å². The second kappa shape index (κ2) is 8.20. The number of rotatable bonds is 6. The monoisotopic (exact) mass is 268 g/mol. The summed E-state index contributed by atoms with van der Waals surface area (Å²) in [6, 6.07) is 0.737. The fourth-order valence-electron chi connectivity index (χ4n) is 3.12. The lowest BCUT2D eigenvalue weighted by atomic mass is 10.0. The Morgan fingerprint density at radius 2 is 1.95 bits per heavy atom. The van der Waals surface area contributed by atoms with Gasteiger partial charge in [0.25, 0.3) is 0 Å². The minimum atomic E-state index is 0.737. The summed E-state index contributed by atoms with van der Waals surface area (Å²) in [6.45, 7) is 13.4. The van der Waals surface area contributed by atoms with Crippen LogP contribution in [0.25, 0.3) is 0 Å². The molecule has 0 aromatic rings. The van der Waals surface area contributed by atoms with Gasteiger partial charge in [-0.25, -0.2) is 0 Å². The van der Waals surface area contributed by atoms with Crippen LogP contribution in [0.2, 0.25) is 0 Å². The molecule has 0 radical (unpaired) electrons. The molecule has 4 heteroatoms. The lowest BCUT2D eigenvalue weighted by Crippen LogP contribution is -2.49. The Kier molecular flexibility index (Phi) is 6.57. The van der Waals surface area contributed by atoms with Gasteiger partial charge in [0.05, 0.1) is 0 Å². The third-order valence-electron chi connectivity index (χ3n) is 4.67. The molecular weight excluding hydrogens is 236 g/mol. The maximum atomic E-state index is 3.67. The number of nitrogens with zero attached hydrogens (tertiary/aromatic N) is 3. The molecule has 1 N–H and O–H groups in total. The van der Waals surface area contributed by atoms with Gasteiger partial charge in [-0.1, -0.05) is 13.3 Å². The molecule has 2 saturated heterocycles. The first-order valence-electron chi connectivity index (χ1n) is 8.14. The first-order chi connectivity index (χ1) is 9.28. The molecule has 1 atom stereocenters. The minimum absolute atomic E-state index is 0.737. The van der Waals surface area contributed by atoms with Gasteiger partial charge in [-0.2, -0.15) is 0 Å². The van der Waals surface area contributed by atoms with Crippen molar-refractivity contribution in [3.63, 3.8) is 0 Å². The Morgan fingerprint density at radius 3 is 2.58 bits per heavy atom. The van der Waals surface area contributed by atoms with Crippen LogP contribution in [-0.4, -0.2) is 86.7 Å². The summed E-state index contributed by atoms with van der Waals surface area (Å²) in [4.78, 5) is 7.68. The van der Waals surface area contributed by atoms with Crippen molar-refractivity contribution in [1.29, 1.82) is 0 Å². The summed E-state index contributed by atoms with van der Waals surface area (Å²) < 4.78 is 0. The highest BCUT2D eigenvalue weighted by atomic mass is 15.3. The Morgan fingerprint density at radius 1 is 1.16 bits per heavy atom. The number of hydrogen-bond acceptors (Lipinski definition) is 4. The number of piperazine rings is 1. The first-order valence-corrected chi connectivity index (χ1v) is 8.14. The summed E-state index contributed by atoms with van der Waals surface area (Å²) in [5, 5.41) is 3.67. The Bertz CT molecular complexity index is 232. The maximum absolute atomic E-state index is 3.67. The van der Waals surface area contributed by atoms with Crippen LogP contribution < -0.4 is 5.32 Å². The molecule has 0 aliphatic carbocycles. The predicted molar refractivity (Wildman–Crippen MR) is 81.7 cm³/mol. The van der Waals surface area contributed by atoms with Crippen molar-refractivity contribution in [1.82, 2.24) is 20.0 Å². The van der Waals surface area contributed by atoms with E-state index in [0.29, 0.717) is 0 Å². The van der Waals surface area contributed by atoms with E-state index in [4.69, 9.17) is 0 Å². The van der Waals surface area contributed by atoms with Crippen LogP contribution in [0.5, 0.6) is 0 Å². The molecule has 1 unspecified atom stereocenters. The highest BCUT2D eigenvalue weighted by molar-refractivity contribution is 4.77. The predicted octanol–water partition coefficient (Wildman–Crippen LogP) is 0.698. The third-order valence-corrected chi connectivity index (χ3v) is 4.67. The molecule has 2 heterocycles. The van der Waals surface area contributed by atoms with Crippen LogP contribution in [0.1, 0.15) is 26.2 Å². The van der Waals surface area contributed by atoms with Gasteiger partial charge in [0.2, 0.25) is 0 Å². The van der Waals surface area contributed by atoms with Gasteiger partial charge in [0, 0.05) is 51.9 Å². The van der Waals surface area contributed by atoms with Gasteiger partial charge >= 0.3 is 0 Å². The molecule has 2 rings (SSSR count). The van der Waals surface area contributed by atoms with E-state index in [-0.39, 0.29) is 0 Å². The molecule has 2 aliphatic rings. The Labute approximate surface area is 119 Å². The Balaban J connectivity index is 1.64. The topological polar surface area (TPSA) is 21.8 Å². The number of nitrogens with one attached hydrogen (secondary N) is 1. The van der Waals surface area contributed by atoms with Crippen LogP contribution in [0, 0.1) is 0 Å². The molecule has 0 aromatic heterocycles. The van der Waals surface area contributed by atoms with E-state index in [1.54, 1.807) is 0 Å². The van der Waals surface area contributed by atoms with Crippen molar-refractivity contribution >= 4 is 0 Å². The van der Waals surface area contributed by atoms with Crippen LogP contribution in [0.15, 0.2) is 0 Å². The van der Waals surface area contributed by atoms with Crippen LogP contribution in [-0.2, 0) is 0 Å². The second-order valence-corrected chi connectivity index (χ2v) is 6.18. The standard InChI is InChI=1S/C15H32N4/c1-3-18(14-15-6-4-5-7-16-15)12-13-19-10-8-17(2)9-11-19/h15-16H,3-14H2,1-2H3. The van der Waals surface area contributed by atoms with Crippen LogP contribution in [0.3, 0.4) is 0 Å². The smallest absolute Gasteiger partial charge is 0.0195 e. The largest absolute Gasteiger partial charge is 0.313 e. The molecule has 4 nitrogen and oxygen atoms in total. The van der Waals surface area contributed by atoms with Crippen molar-refractivity contribution < 1.29 is 0 Å². The number of likely N-dealkylation sites (N-methyl/N-ethyl adjacent to an activating group) is 2. The maximum Gasteiger partial charge on any atom is 0.0195 e. The molecular formula is C15H32N4. The quantitative estimate of drug-likeness (QED) is 0.765. The van der Waals surface area contributed by atoms with Gasteiger partial charge in [-0.05, 0) is 33.0 Å². The minimum Gasteiger partial charge on any atom is -0.313 e. The van der Waals surface area contributed by atoms with E-state index >= 15 is 0 Å². The van der Waals surface area contributed by atoms with Crippen molar-refractivity contribution in [2.45, 2.75) is 32.2 Å². The zero-order valence-electron chi connectivity index (χ0n) is 12.9. The van der Waals surface area contributed by atoms with Gasteiger partial charge in [-0.15, -0.1) is 0 Å². The van der Waals surface area contributed by atoms with E-state index < -0.39 is 0 Å². The fraction of sp³-hybridized carbons (Fsp3) is 1.00. The van der Waals surface area contributed by atoms with Crippen molar-refractivity contribution in [2.24, 2.45) is 0 Å². The average molecular weight is 268 g/mol. The van der Waals surface area contributed by atoms with E-state index in [1.165, 1.54) is 78.2 Å². The van der Waals surface area contributed by atoms with E-state index in [0.717, 1.165) is 6.04 Å². The third kappa shape index (κ3) is 5.38. The molecule has 0 amide bonds. The summed E-state index contributed by atoms with van der Waals surface area (Å²) >= 11 is 0. The average Bonchev–Trinajstić information content (AvgIpc) is 2.46. The van der Waals surface area contributed by atoms with E-state index in [1.807, 2.05) is 0 Å². The zero-order valence-corrected chi connectivity index (χ0v) is 12.9.